The fourth-order valence-electron chi connectivity index (χ4n) is 2.04. The number of rotatable bonds is 12. The van der Waals surface area contributed by atoms with Crippen LogP contribution in [0.3, 0.4) is 0 Å². The Bertz CT molecular complexity index is 370. The zero-order valence-electron chi connectivity index (χ0n) is 13.5. The molecular weight excluding hydrogens is 264 g/mol. The van der Waals surface area contributed by atoms with Gasteiger partial charge in [-0.25, -0.2) is 0 Å². The molecule has 0 saturated heterocycles. The van der Waals surface area contributed by atoms with Gasteiger partial charge in [0.1, 0.15) is 0 Å². The van der Waals surface area contributed by atoms with Crippen molar-refractivity contribution in [2.45, 2.75) is 32.3 Å². The number of benzene rings is 1. The van der Waals surface area contributed by atoms with E-state index in [1.54, 1.807) is 0 Å². The van der Waals surface area contributed by atoms with Crippen LogP contribution >= 0.6 is 0 Å². The van der Waals surface area contributed by atoms with Crippen LogP contribution < -0.4 is 10.6 Å². The molecule has 2 N–H and O–H groups in total. The van der Waals surface area contributed by atoms with Gasteiger partial charge in [-0.1, -0.05) is 25.0 Å². The maximum Gasteiger partial charge on any atom is 0.0718 e. The van der Waals surface area contributed by atoms with Crippen molar-refractivity contribution < 1.29 is 9.47 Å². The highest BCUT2D eigenvalue weighted by molar-refractivity contribution is 5.46. The van der Waals surface area contributed by atoms with Crippen molar-refractivity contribution in [1.29, 1.82) is 0 Å². The molecule has 0 aliphatic carbocycles. The molecule has 0 aliphatic rings. The summed E-state index contributed by atoms with van der Waals surface area (Å²) < 4.78 is 11.2. The number of nitrogens with zero attached hydrogens (tertiary/aromatic N) is 1. The fraction of sp³-hybridized carbons (Fsp3) is 0.647. The Morgan fingerprint density at radius 1 is 0.952 bits per heavy atom. The Kier molecular flexibility index (Phi) is 9.87. The summed E-state index contributed by atoms with van der Waals surface area (Å²) in [5, 5.41) is 0. The first-order valence-corrected chi connectivity index (χ1v) is 7.86. The van der Waals surface area contributed by atoms with E-state index in [9.17, 15) is 0 Å². The first-order chi connectivity index (χ1) is 10.2. The number of hydrogen-bond acceptors (Lipinski definition) is 4. The summed E-state index contributed by atoms with van der Waals surface area (Å²) in [6, 6.07) is 8.40. The van der Waals surface area contributed by atoms with Crippen LogP contribution in [0.5, 0.6) is 0 Å². The summed E-state index contributed by atoms with van der Waals surface area (Å²) in [6.07, 6.45) is 4.65. The van der Waals surface area contributed by atoms with Crippen LogP contribution in [0.4, 0.5) is 5.69 Å². The van der Waals surface area contributed by atoms with Crippen molar-refractivity contribution in [1.82, 2.24) is 0 Å². The Morgan fingerprint density at radius 2 is 1.71 bits per heavy atom. The van der Waals surface area contributed by atoms with Gasteiger partial charge in [0.05, 0.1) is 19.8 Å². The van der Waals surface area contributed by atoms with Crippen molar-refractivity contribution >= 4 is 5.69 Å². The summed E-state index contributed by atoms with van der Waals surface area (Å²) in [7, 11) is 4.09. The molecule has 0 heterocycles. The van der Waals surface area contributed by atoms with E-state index in [2.05, 4.69) is 29.2 Å². The molecule has 1 aromatic carbocycles. The molecule has 120 valence electrons. The van der Waals surface area contributed by atoms with Gasteiger partial charge in [-0.3, -0.25) is 0 Å². The van der Waals surface area contributed by atoms with Crippen LogP contribution in [0.2, 0.25) is 0 Å². The minimum Gasteiger partial charge on any atom is -0.379 e. The van der Waals surface area contributed by atoms with E-state index in [0.29, 0.717) is 19.8 Å². The molecule has 0 aliphatic heterocycles. The minimum atomic E-state index is 0.640. The van der Waals surface area contributed by atoms with Gasteiger partial charge in [0, 0.05) is 26.4 Å². The minimum absolute atomic E-state index is 0.640. The van der Waals surface area contributed by atoms with E-state index in [4.69, 9.17) is 15.2 Å². The maximum absolute atomic E-state index is 5.64. The van der Waals surface area contributed by atoms with Gasteiger partial charge in [0.15, 0.2) is 0 Å². The lowest BCUT2D eigenvalue weighted by molar-refractivity contribution is 0.0393. The van der Waals surface area contributed by atoms with E-state index < -0.39 is 0 Å². The van der Waals surface area contributed by atoms with Crippen LogP contribution in [-0.4, -0.2) is 40.5 Å². The normalized spacial score (nSPS) is 10.8. The molecule has 0 aromatic heterocycles. The van der Waals surface area contributed by atoms with Crippen LogP contribution in [0.15, 0.2) is 24.3 Å². The Balaban J connectivity index is 2.00. The largest absolute Gasteiger partial charge is 0.379 e. The molecule has 0 radical (unpaired) electrons. The highest BCUT2D eigenvalue weighted by Gasteiger charge is 1.98. The predicted octanol–water partition coefficient (Wildman–Crippen LogP) is 2.80. The molecule has 1 aromatic rings. The zero-order valence-corrected chi connectivity index (χ0v) is 13.5. The molecule has 0 atom stereocenters. The van der Waals surface area contributed by atoms with Crippen LogP contribution in [0.25, 0.3) is 0 Å². The van der Waals surface area contributed by atoms with E-state index in [-0.39, 0.29) is 0 Å². The lowest BCUT2D eigenvalue weighted by Gasteiger charge is -2.13. The van der Waals surface area contributed by atoms with Crippen LogP contribution in [0.1, 0.15) is 31.2 Å². The van der Waals surface area contributed by atoms with Crippen molar-refractivity contribution in [2.24, 2.45) is 5.73 Å². The summed E-state index contributed by atoms with van der Waals surface area (Å²) in [5.41, 5.74) is 7.84. The van der Waals surface area contributed by atoms with Gasteiger partial charge < -0.3 is 20.1 Å². The number of nitrogens with two attached hydrogens (primary N) is 1. The average Bonchev–Trinajstić information content (AvgIpc) is 2.49. The predicted molar refractivity (Wildman–Crippen MR) is 88.8 cm³/mol. The third-order valence-electron chi connectivity index (χ3n) is 3.31. The summed E-state index contributed by atoms with van der Waals surface area (Å²) in [4.78, 5) is 2.09. The lowest BCUT2D eigenvalue weighted by Crippen LogP contribution is -2.09. The highest BCUT2D eigenvalue weighted by Crippen LogP contribution is 2.13. The second-order valence-corrected chi connectivity index (χ2v) is 5.43. The second kappa shape index (κ2) is 11.5. The van der Waals surface area contributed by atoms with Crippen LogP contribution in [-0.2, 0) is 16.1 Å². The summed E-state index contributed by atoms with van der Waals surface area (Å²) in [6.45, 7) is 3.58. The molecule has 0 bridgehead atoms. The topological polar surface area (TPSA) is 47.7 Å². The monoisotopic (exact) mass is 294 g/mol. The van der Waals surface area contributed by atoms with Crippen LogP contribution in [0, 0.1) is 0 Å². The van der Waals surface area contributed by atoms with E-state index in [0.717, 1.165) is 26.0 Å². The number of ether oxygens (including phenoxy) is 2. The molecule has 1 rings (SSSR count). The number of hydrogen-bond donors (Lipinski definition) is 1. The first kappa shape index (κ1) is 18.0. The van der Waals surface area contributed by atoms with E-state index in [1.165, 1.54) is 24.1 Å². The Hall–Kier alpha value is -1.10. The second-order valence-electron chi connectivity index (χ2n) is 5.43. The average molecular weight is 294 g/mol. The van der Waals surface area contributed by atoms with Gasteiger partial charge in [-0.2, -0.15) is 0 Å². The zero-order chi connectivity index (χ0) is 15.3. The molecule has 0 unspecified atom stereocenters. The Labute approximate surface area is 129 Å². The Morgan fingerprint density at radius 3 is 2.48 bits per heavy atom. The fourth-order valence-corrected chi connectivity index (χ4v) is 2.04. The quantitative estimate of drug-likeness (QED) is 0.602. The van der Waals surface area contributed by atoms with Gasteiger partial charge in [0.2, 0.25) is 0 Å². The van der Waals surface area contributed by atoms with Gasteiger partial charge >= 0.3 is 0 Å². The molecule has 0 fully saturated rings. The maximum atomic E-state index is 5.64. The van der Waals surface area contributed by atoms with Crippen molar-refractivity contribution in [3.05, 3.63) is 29.8 Å². The number of unbranched alkanes of at least 4 members (excludes halogenated alkanes) is 3. The SMILES string of the molecule is CN(C)c1cccc(COCCOCCCCCCN)c1. The molecule has 4 nitrogen and oxygen atoms in total. The third-order valence-corrected chi connectivity index (χ3v) is 3.31. The number of anilines is 1. The van der Waals surface area contributed by atoms with Gasteiger partial charge in [-0.15, -0.1) is 0 Å². The molecule has 21 heavy (non-hydrogen) atoms. The van der Waals surface area contributed by atoms with E-state index in [1.807, 2.05) is 14.1 Å². The van der Waals surface area contributed by atoms with Crippen molar-refractivity contribution in [3.63, 3.8) is 0 Å². The smallest absolute Gasteiger partial charge is 0.0718 e. The standard InChI is InChI=1S/C17H30N2O2/c1-19(2)17-9-7-8-16(14-17)15-21-13-12-20-11-6-4-3-5-10-18/h7-9,14H,3-6,10-13,15,18H2,1-2H3. The summed E-state index contributed by atoms with van der Waals surface area (Å²) >= 11 is 0. The summed E-state index contributed by atoms with van der Waals surface area (Å²) in [5.74, 6) is 0. The third kappa shape index (κ3) is 8.71. The molecular formula is C17H30N2O2. The van der Waals surface area contributed by atoms with Crippen molar-refractivity contribution in [2.75, 3.05) is 45.4 Å². The highest BCUT2D eigenvalue weighted by atomic mass is 16.5. The van der Waals surface area contributed by atoms with Crippen molar-refractivity contribution in [3.8, 4) is 0 Å². The van der Waals surface area contributed by atoms with Gasteiger partial charge in [-0.05, 0) is 37.1 Å². The molecule has 0 saturated carbocycles. The first-order valence-electron chi connectivity index (χ1n) is 7.86. The lowest BCUT2D eigenvalue weighted by atomic mass is 10.2. The molecule has 4 heteroatoms. The molecule has 0 amide bonds. The van der Waals surface area contributed by atoms with Gasteiger partial charge in [0.25, 0.3) is 0 Å². The van der Waals surface area contributed by atoms with E-state index >= 15 is 0 Å². The molecule has 0 spiro atoms.